The number of nitrogens with one attached hydrogen (secondary N) is 2. The number of hydrogen-bond acceptors (Lipinski definition) is 7. The number of aromatic amines is 2. The zero-order valence-electron chi connectivity index (χ0n) is 26.8. The van der Waals surface area contributed by atoms with E-state index in [1.165, 1.54) is 0 Å². The molecule has 0 radical (unpaired) electrons. The highest BCUT2D eigenvalue weighted by Crippen LogP contribution is 2.48. The number of aromatic nitrogens is 8. The number of benzene rings is 5. The first-order valence-corrected chi connectivity index (χ1v) is 17.5. The lowest BCUT2D eigenvalue weighted by molar-refractivity contribution is 1.19. The average molecular weight is 673 g/mol. The lowest BCUT2D eigenvalue weighted by atomic mass is 10.1. The topological polar surface area (TPSA) is 109 Å². The molecule has 9 heteroatoms. The van der Waals surface area contributed by atoms with Crippen molar-refractivity contribution in [3.05, 3.63) is 133 Å². The molecule has 238 valence electrons. The number of H-pyrrole nitrogens is 2. The molecule has 0 fully saturated rings. The predicted molar refractivity (Wildman–Crippen MR) is 205 cm³/mol. The summed E-state index contributed by atoms with van der Waals surface area (Å²) in [5.74, 6) is 2.33. The van der Waals surface area contributed by atoms with Crippen LogP contribution >= 0.6 is 11.3 Å². The van der Waals surface area contributed by atoms with Gasteiger partial charge in [0.2, 0.25) is 0 Å². The van der Waals surface area contributed by atoms with Gasteiger partial charge in [-0.3, -0.25) is 0 Å². The molecular formula is C42H24N8S. The normalized spacial score (nSPS) is 11.9. The van der Waals surface area contributed by atoms with Crippen LogP contribution in [0.2, 0.25) is 0 Å². The fourth-order valence-electron chi connectivity index (χ4n) is 7.15. The van der Waals surface area contributed by atoms with Gasteiger partial charge >= 0.3 is 0 Å². The van der Waals surface area contributed by atoms with Crippen LogP contribution in [-0.4, -0.2) is 39.9 Å². The van der Waals surface area contributed by atoms with Crippen molar-refractivity contribution >= 4 is 55.5 Å². The first-order chi connectivity index (χ1) is 25.3. The van der Waals surface area contributed by atoms with Gasteiger partial charge in [-0.15, -0.1) is 11.3 Å². The standard InChI is InChI=1S/C42H24N8S/c1-3-13-23(14-4-1)33-31-32(34(51-33)24-15-5-2-6-16-24)42-49-40-30-22-12-10-20-28(30)38(47-40)45-36-26-18-8-7-17-25(26)35(43-36)44-37-27-19-9-11-21-29(27)39(46-37)48-41(31)50-42/h1-22H,(H2,43,44,45,46,47,48,49,50). The van der Waals surface area contributed by atoms with E-state index in [-0.39, 0.29) is 0 Å². The van der Waals surface area contributed by atoms with E-state index in [2.05, 4.69) is 82.8 Å². The summed E-state index contributed by atoms with van der Waals surface area (Å²) in [6.07, 6.45) is 0. The highest BCUT2D eigenvalue weighted by Gasteiger charge is 2.25. The number of fused-ring (bicyclic) bond motifs is 20. The second-order valence-corrected chi connectivity index (χ2v) is 13.5. The maximum atomic E-state index is 5.31. The molecule has 11 rings (SSSR count). The zero-order valence-corrected chi connectivity index (χ0v) is 27.6. The first kappa shape index (κ1) is 28.0. The fraction of sp³-hybridized carbons (Fsp3) is 0. The molecule has 2 aliphatic heterocycles. The van der Waals surface area contributed by atoms with Gasteiger partial charge in [0.15, 0.2) is 23.3 Å². The monoisotopic (exact) mass is 672 g/mol. The molecule has 0 aliphatic carbocycles. The maximum absolute atomic E-state index is 5.31. The Hall–Kier alpha value is -6.84. The molecule has 2 N–H and O–H groups in total. The molecule has 6 heterocycles. The summed E-state index contributed by atoms with van der Waals surface area (Å²) in [6, 6.07) is 45.3. The Kier molecular flexibility index (Phi) is 5.96. The van der Waals surface area contributed by atoms with Crippen LogP contribution in [0, 0.1) is 0 Å². The molecule has 0 amide bonds. The summed E-state index contributed by atoms with van der Waals surface area (Å²) in [5, 5.41) is 3.86. The summed E-state index contributed by atoms with van der Waals surface area (Å²) in [6.45, 7) is 0. The van der Waals surface area contributed by atoms with Gasteiger partial charge < -0.3 is 9.97 Å². The van der Waals surface area contributed by atoms with Crippen molar-refractivity contribution in [3.8, 4) is 66.4 Å². The minimum atomic E-state index is 0.581. The average Bonchev–Trinajstić information content (AvgIpc) is 3.99. The van der Waals surface area contributed by atoms with E-state index in [1.807, 2.05) is 60.7 Å². The number of thiophene rings is 1. The van der Waals surface area contributed by atoms with Crippen LogP contribution in [0.5, 0.6) is 0 Å². The maximum Gasteiger partial charge on any atom is 0.164 e. The molecule has 8 bridgehead atoms. The highest BCUT2D eigenvalue weighted by molar-refractivity contribution is 7.21. The zero-order chi connectivity index (χ0) is 33.5. The molecule has 2 aliphatic rings. The van der Waals surface area contributed by atoms with Crippen molar-refractivity contribution in [2.75, 3.05) is 0 Å². The van der Waals surface area contributed by atoms with E-state index in [0.29, 0.717) is 45.9 Å². The summed E-state index contributed by atoms with van der Waals surface area (Å²) >= 11 is 1.74. The van der Waals surface area contributed by atoms with E-state index >= 15 is 0 Å². The molecule has 8 nitrogen and oxygen atoms in total. The van der Waals surface area contributed by atoms with Crippen molar-refractivity contribution in [2.24, 2.45) is 0 Å². The molecular weight excluding hydrogens is 649 g/mol. The van der Waals surface area contributed by atoms with Crippen LogP contribution in [0.15, 0.2) is 133 Å². The van der Waals surface area contributed by atoms with E-state index < -0.39 is 0 Å². The van der Waals surface area contributed by atoms with Crippen LogP contribution in [0.25, 0.3) is 111 Å². The Morgan fingerprint density at radius 2 is 0.667 bits per heavy atom. The van der Waals surface area contributed by atoms with Gasteiger partial charge in [-0.2, -0.15) is 0 Å². The second kappa shape index (κ2) is 10.8. The smallest absolute Gasteiger partial charge is 0.164 e. The van der Waals surface area contributed by atoms with Crippen LogP contribution in [0.4, 0.5) is 0 Å². The highest BCUT2D eigenvalue weighted by atomic mass is 32.1. The third-order valence-corrected chi connectivity index (χ3v) is 10.8. The molecule has 4 aromatic heterocycles. The van der Waals surface area contributed by atoms with Crippen LogP contribution in [0.1, 0.15) is 0 Å². The van der Waals surface area contributed by atoms with Gasteiger partial charge in [-0.05, 0) is 11.1 Å². The second-order valence-electron chi connectivity index (χ2n) is 12.5. The summed E-state index contributed by atoms with van der Waals surface area (Å²) in [4.78, 5) is 40.4. The molecule has 0 unspecified atom stereocenters. The Morgan fingerprint density at radius 1 is 0.333 bits per heavy atom. The fourth-order valence-corrected chi connectivity index (χ4v) is 8.46. The van der Waals surface area contributed by atoms with E-state index in [4.69, 9.17) is 29.9 Å². The third-order valence-electron chi connectivity index (χ3n) is 9.48. The van der Waals surface area contributed by atoms with Crippen molar-refractivity contribution in [1.82, 2.24) is 39.9 Å². The molecule has 9 aromatic rings. The minimum Gasteiger partial charge on any atom is -0.324 e. The molecule has 0 saturated heterocycles. The van der Waals surface area contributed by atoms with E-state index in [0.717, 1.165) is 64.7 Å². The molecule has 0 saturated carbocycles. The summed E-state index contributed by atoms with van der Waals surface area (Å²) in [7, 11) is 0. The van der Waals surface area contributed by atoms with Crippen LogP contribution in [-0.2, 0) is 0 Å². The number of nitrogens with zero attached hydrogens (tertiary/aromatic N) is 6. The van der Waals surface area contributed by atoms with E-state index in [9.17, 15) is 0 Å². The Labute approximate surface area is 294 Å². The lowest BCUT2D eigenvalue weighted by Crippen LogP contribution is -1.83. The number of rotatable bonds is 2. The Bertz CT molecular complexity index is 2830. The Balaban J connectivity index is 1.36. The predicted octanol–water partition coefficient (Wildman–Crippen LogP) is 10.3. The van der Waals surface area contributed by atoms with Gasteiger partial charge in [0, 0.05) is 53.6 Å². The molecule has 5 aromatic carbocycles. The van der Waals surface area contributed by atoms with Crippen LogP contribution in [0.3, 0.4) is 0 Å². The van der Waals surface area contributed by atoms with Gasteiger partial charge in [0.1, 0.15) is 22.6 Å². The summed E-state index contributed by atoms with van der Waals surface area (Å²) in [5.41, 5.74) is 8.56. The lowest BCUT2D eigenvalue weighted by Gasteiger charge is -1.99. The van der Waals surface area contributed by atoms with Gasteiger partial charge in [0.25, 0.3) is 0 Å². The SMILES string of the molecule is c1ccc(-c2sc(-c3ccccc3)c3c4nc5nc(nc6[nH]c(nc7nc(nc([nH]4)c23)-c2ccccc2-7)c2ccccc62)-c2ccccc2-5)cc1. The van der Waals surface area contributed by atoms with Gasteiger partial charge in [0.05, 0.1) is 0 Å². The van der Waals surface area contributed by atoms with Crippen molar-refractivity contribution in [2.45, 2.75) is 0 Å². The molecule has 0 atom stereocenters. The van der Waals surface area contributed by atoms with Crippen molar-refractivity contribution in [3.63, 3.8) is 0 Å². The first-order valence-electron chi connectivity index (χ1n) is 16.6. The molecule has 51 heavy (non-hydrogen) atoms. The van der Waals surface area contributed by atoms with Crippen molar-refractivity contribution in [1.29, 1.82) is 0 Å². The Morgan fingerprint density at radius 3 is 1.08 bits per heavy atom. The van der Waals surface area contributed by atoms with Crippen molar-refractivity contribution < 1.29 is 0 Å². The van der Waals surface area contributed by atoms with E-state index in [1.54, 1.807) is 11.3 Å². The minimum absolute atomic E-state index is 0.581. The molecule has 0 spiro atoms. The number of hydrogen-bond donors (Lipinski definition) is 2. The quantitative estimate of drug-likeness (QED) is 0.189. The van der Waals surface area contributed by atoms with Crippen LogP contribution < -0.4 is 0 Å². The largest absolute Gasteiger partial charge is 0.324 e. The summed E-state index contributed by atoms with van der Waals surface area (Å²) < 4.78 is 0. The van der Waals surface area contributed by atoms with Gasteiger partial charge in [-0.25, -0.2) is 29.9 Å². The van der Waals surface area contributed by atoms with Gasteiger partial charge in [-0.1, -0.05) is 133 Å². The third kappa shape index (κ3) is 4.32.